The highest BCUT2D eigenvalue weighted by molar-refractivity contribution is 5.70. The molecule has 2 atom stereocenters. The second kappa shape index (κ2) is 29.9. The molecule has 8 heteroatoms. The summed E-state index contributed by atoms with van der Waals surface area (Å²) in [7, 11) is 5.36. The van der Waals surface area contributed by atoms with Crippen LogP contribution in [0.2, 0.25) is 0 Å². The quantitative estimate of drug-likeness (QED) is 0.0334. The van der Waals surface area contributed by atoms with Gasteiger partial charge in [-0.1, -0.05) is 102 Å². The average Bonchev–Trinajstić information content (AvgIpc) is 3.00. The number of nitrogens with zero attached hydrogens (tertiary/aromatic N) is 1. The molecule has 0 radical (unpaired) electrons. The van der Waals surface area contributed by atoms with E-state index in [1.54, 1.807) is 21.1 Å². The highest BCUT2D eigenvalue weighted by Gasteiger charge is 2.25. The molecule has 0 aromatic carbocycles. The molecule has 0 aromatic heterocycles. The van der Waals surface area contributed by atoms with Crippen molar-refractivity contribution in [1.29, 1.82) is 0 Å². The van der Waals surface area contributed by atoms with Crippen molar-refractivity contribution in [2.24, 2.45) is 0 Å². The van der Waals surface area contributed by atoms with Gasteiger partial charge in [0.15, 0.2) is 6.10 Å². The SMILES string of the molecule is CCCCCC/C=C/CCCC(=O)OC(COCCC(C(=O)[O-])[N+](C)(C)C)COC(=O)CC/C=C/C/C=C/CCCCCCCC. The molecule has 2 unspecified atom stereocenters. The Morgan fingerprint density at radius 3 is 1.80 bits per heavy atom. The van der Waals surface area contributed by atoms with Crippen molar-refractivity contribution in [3.63, 3.8) is 0 Å². The maximum atomic E-state index is 12.5. The van der Waals surface area contributed by atoms with Crippen LogP contribution in [-0.4, -0.2) is 75.5 Å². The van der Waals surface area contributed by atoms with Gasteiger partial charge in [-0.05, 0) is 51.4 Å². The third-order valence-electron chi connectivity index (χ3n) is 7.76. The van der Waals surface area contributed by atoms with Gasteiger partial charge < -0.3 is 28.6 Å². The number of allylic oxidation sites excluding steroid dienone is 6. The minimum absolute atomic E-state index is 0.0125. The van der Waals surface area contributed by atoms with Crippen molar-refractivity contribution in [2.75, 3.05) is 41.0 Å². The molecule has 0 N–H and O–H groups in total. The summed E-state index contributed by atoms with van der Waals surface area (Å²) >= 11 is 0. The van der Waals surface area contributed by atoms with Crippen molar-refractivity contribution in [3.8, 4) is 0 Å². The lowest BCUT2D eigenvalue weighted by Gasteiger charge is -2.34. The summed E-state index contributed by atoms with van der Waals surface area (Å²) in [4.78, 5) is 36.4. The lowest BCUT2D eigenvalue weighted by molar-refractivity contribution is -0.889. The Kier molecular flexibility index (Phi) is 28.3. The number of esters is 2. The number of hydrogen-bond acceptors (Lipinski definition) is 7. The summed E-state index contributed by atoms with van der Waals surface area (Å²) in [5.41, 5.74) is 0. The minimum atomic E-state index is -1.14. The van der Waals surface area contributed by atoms with Gasteiger partial charge in [-0.15, -0.1) is 0 Å². The third kappa shape index (κ3) is 27.8. The molecule has 0 rings (SSSR count). The fraction of sp³-hybridized carbons (Fsp3) is 0.763. The summed E-state index contributed by atoms with van der Waals surface area (Å²) < 4.78 is 16.9. The molecule has 0 amide bonds. The molecule has 0 aromatic rings. The summed E-state index contributed by atoms with van der Waals surface area (Å²) in [6.07, 6.45) is 30.5. The number of unbranched alkanes of at least 4 members (excludes halogenated alkanes) is 11. The molecule has 0 fully saturated rings. The van der Waals surface area contributed by atoms with Crippen LogP contribution in [-0.2, 0) is 28.6 Å². The van der Waals surface area contributed by atoms with Gasteiger partial charge in [0.05, 0.1) is 40.3 Å². The summed E-state index contributed by atoms with van der Waals surface area (Å²) in [6.45, 7) is 4.49. The van der Waals surface area contributed by atoms with Crippen LogP contribution < -0.4 is 5.11 Å². The lowest BCUT2D eigenvalue weighted by atomic mass is 10.1. The molecule has 8 nitrogen and oxygen atoms in total. The van der Waals surface area contributed by atoms with E-state index in [2.05, 4.69) is 44.2 Å². The fourth-order valence-corrected chi connectivity index (χ4v) is 4.89. The molecule has 0 aliphatic heterocycles. The fourth-order valence-electron chi connectivity index (χ4n) is 4.89. The standard InChI is InChI=1S/C38H67NO7/c1-6-8-10-12-14-16-17-18-19-21-22-24-26-28-36(40)45-33-34(32-44-31-30-35(38(42)43)39(3,4)5)46-37(41)29-27-25-23-20-15-13-11-9-7-2/h18-20,22-24,34-35H,6-17,21,25-33H2,1-5H3/b19-18+,23-20+,24-22+. The number of carboxylic acid groups (broad SMARTS) is 1. The molecule has 0 saturated heterocycles. The summed E-state index contributed by atoms with van der Waals surface area (Å²) in [5, 5.41) is 11.5. The molecule has 0 saturated carbocycles. The molecule has 0 aliphatic carbocycles. The van der Waals surface area contributed by atoms with E-state index in [9.17, 15) is 19.5 Å². The highest BCUT2D eigenvalue weighted by atomic mass is 16.6. The van der Waals surface area contributed by atoms with Gasteiger partial charge in [0.2, 0.25) is 0 Å². The maximum Gasteiger partial charge on any atom is 0.306 e. The van der Waals surface area contributed by atoms with E-state index in [0.29, 0.717) is 12.8 Å². The molecule has 0 spiro atoms. The number of likely N-dealkylation sites (N-methyl/N-ethyl adjacent to an activating group) is 1. The summed E-state index contributed by atoms with van der Waals surface area (Å²) in [5.74, 6) is -1.87. The van der Waals surface area contributed by atoms with E-state index < -0.39 is 18.1 Å². The van der Waals surface area contributed by atoms with Gasteiger partial charge in [0, 0.05) is 19.3 Å². The van der Waals surface area contributed by atoms with Crippen molar-refractivity contribution in [3.05, 3.63) is 36.5 Å². The number of hydrogen-bond donors (Lipinski definition) is 0. The molecule has 0 bridgehead atoms. The van der Waals surface area contributed by atoms with E-state index >= 15 is 0 Å². The van der Waals surface area contributed by atoms with Gasteiger partial charge in [0.1, 0.15) is 12.6 Å². The van der Waals surface area contributed by atoms with Gasteiger partial charge in [-0.3, -0.25) is 9.59 Å². The Balaban J connectivity index is 4.56. The predicted octanol–water partition coefficient (Wildman–Crippen LogP) is 7.40. The predicted molar refractivity (Wildman–Crippen MR) is 185 cm³/mol. The Hall–Kier alpha value is -2.45. The third-order valence-corrected chi connectivity index (χ3v) is 7.76. The van der Waals surface area contributed by atoms with Crippen molar-refractivity contribution < 1.29 is 38.2 Å². The maximum absolute atomic E-state index is 12.5. The van der Waals surface area contributed by atoms with Gasteiger partial charge >= 0.3 is 11.9 Å². The zero-order valence-corrected chi connectivity index (χ0v) is 30.0. The molecular formula is C38H67NO7. The lowest BCUT2D eigenvalue weighted by Crippen LogP contribution is -2.55. The molecule has 266 valence electrons. The first-order valence-electron chi connectivity index (χ1n) is 18.0. The highest BCUT2D eigenvalue weighted by Crippen LogP contribution is 2.10. The first-order valence-corrected chi connectivity index (χ1v) is 18.0. The Bertz CT molecular complexity index is 860. The van der Waals surface area contributed by atoms with Crippen LogP contribution >= 0.6 is 0 Å². The van der Waals surface area contributed by atoms with Crippen LogP contribution in [0.25, 0.3) is 0 Å². The number of carbonyl (C=O) groups is 3. The van der Waals surface area contributed by atoms with Crippen molar-refractivity contribution in [2.45, 2.75) is 148 Å². The molecule has 0 aliphatic rings. The van der Waals surface area contributed by atoms with Crippen LogP contribution in [0.4, 0.5) is 0 Å². The zero-order valence-electron chi connectivity index (χ0n) is 30.0. The van der Waals surface area contributed by atoms with Gasteiger partial charge in [-0.25, -0.2) is 0 Å². The van der Waals surface area contributed by atoms with E-state index in [-0.39, 0.29) is 55.5 Å². The Morgan fingerprint density at radius 1 is 0.652 bits per heavy atom. The number of quaternary nitrogens is 1. The first-order chi connectivity index (χ1) is 22.1. The smallest absolute Gasteiger partial charge is 0.306 e. The second-order valence-corrected chi connectivity index (χ2v) is 13.1. The minimum Gasteiger partial charge on any atom is -0.544 e. The van der Waals surface area contributed by atoms with E-state index in [1.807, 2.05) is 6.08 Å². The Labute approximate surface area is 281 Å². The van der Waals surface area contributed by atoms with Crippen molar-refractivity contribution >= 4 is 17.9 Å². The first kappa shape index (κ1) is 43.5. The zero-order chi connectivity index (χ0) is 34.3. The Morgan fingerprint density at radius 2 is 1.20 bits per heavy atom. The average molecular weight is 650 g/mol. The van der Waals surface area contributed by atoms with E-state index in [0.717, 1.165) is 25.7 Å². The van der Waals surface area contributed by atoms with Crippen LogP contribution in [0.15, 0.2) is 36.5 Å². The van der Waals surface area contributed by atoms with Crippen LogP contribution in [0, 0.1) is 0 Å². The number of rotatable bonds is 31. The second-order valence-electron chi connectivity index (χ2n) is 13.1. The van der Waals surface area contributed by atoms with E-state index in [1.165, 1.54) is 64.2 Å². The van der Waals surface area contributed by atoms with Crippen molar-refractivity contribution in [1.82, 2.24) is 0 Å². The van der Waals surface area contributed by atoms with Crippen LogP contribution in [0.3, 0.4) is 0 Å². The molecule has 0 heterocycles. The van der Waals surface area contributed by atoms with Crippen LogP contribution in [0.1, 0.15) is 136 Å². The summed E-state index contributed by atoms with van der Waals surface area (Å²) in [6, 6.07) is -0.734. The topological polar surface area (TPSA) is 102 Å². The number of ether oxygens (including phenoxy) is 3. The number of carboxylic acids is 1. The van der Waals surface area contributed by atoms with Crippen LogP contribution in [0.5, 0.6) is 0 Å². The molecular weight excluding hydrogens is 582 g/mol. The molecule has 46 heavy (non-hydrogen) atoms. The van der Waals surface area contributed by atoms with E-state index in [4.69, 9.17) is 14.2 Å². The van der Waals surface area contributed by atoms with Gasteiger partial charge in [0.25, 0.3) is 0 Å². The number of carbonyl (C=O) groups excluding carboxylic acids is 3. The normalized spacial score (nSPS) is 13.5. The monoisotopic (exact) mass is 649 g/mol. The largest absolute Gasteiger partial charge is 0.544 e. The number of aliphatic carboxylic acids is 1. The van der Waals surface area contributed by atoms with Gasteiger partial charge in [-0.2, -0.15) is 0 Å².